The highest BCUT2D eigenvalue weighted by atomic mass is 15.0. The van der Waals surface area contributed by atoms with Crippen LogP contribution in [0.25, 0.3) is 10.9 Å². The van der Waals surface area contributed by atoms with Crippen LogP contribution in [0, 0.1) is 11.3 Å². The number of aromatic amines is 1. The van der Waals surface area contributed by atoms with Crippen molar-refractivity contribution in [3.8, 4) is 6.07 Å². The van der Waals surface area contributed by atoms with Crippen LogP contribution >= 0.6 is 0 Å². The first kappa shape index (κ1) is 14.6. The van der Waals surface area contributed by atoms with Gasteiger partial charge in [-0.2, -0.15) is 5.26 Å². The second kappa shape index (κ2) is 6.58. The van der Waals surface area contributed by atoms with Crippen LogP contribution in [0.15, 0.2) is 30.5 Å². The summed E-state index contributed by atoms with van der Waals surface area (Å²) in [6, 6.07) is 10.6. The van der Waals surface area contributed by atoms with Crippen molar-refractivity contribution in [2.24, 2.45) is 0 Å². The number of nitriles is 1. The molecule has 0 fully saturated rings. The topological polar surface area (TPSA) is 51.6 Å². The highest BCUT2D eigenvalue weighted by Crippen LogP contribution is 2.26. The average molecular weight is 269 g/mol. The molecule has 2 N–H and O–H groups in total. The molecule has 0 atom stereocenters. The Balaban J connectivity index is 2.21. The molecule has 2 aromatic rings. The Kier molecular flexibility index (Phi) is 4.81. The lowest BCUT2D eigenvalue weighted by molar-refractivity contribution is 0.302. The summed E-state index contributed by atoms with van der Waals surface area (Å²) in [6.45, 7) is 5.20. The minimum absolute atomic E-state index is 0.0851. The van der Waals surface area contributed by atoms with E-state index in [2.05, 4.69) is 60.7 Å². The monoisotopic (exact) mass is 269 g/mol. The van der Waals surface area contributed by atoms with Gasteiger partial charge in [-0.25, -0.2) is 0 Å². The lowest BCUT2D eigenvalue weighted by Crippen LogP contribution is -2.46. The molecule has 106 valence electrons. The molecule has 2 rings (SSSR count). The summed E-state index contributed by atoms with van der Waals surface area (Å²) in [5.74, 6) is 0. The van der Waals surface area contributed by atoms with E-state index < -0.39 is 0 Å². The van der Waals surface area contributed by atoms with Gasteiger partial charge < -0.3 is 10.3 Å². The fourth-order valence-corrected chi connectivity index (χ4v) is 2.84. The molecular weight excluding hydrogens is 246 g/mol. The number of rotatable bonds is 7. The molecule has 0 unspecified atom stereocenters. The number of para-hydroxylation sites is 1. The third-order valence-electron chi connectivity index (χ3n) is 4.29. The SMILES string of the molecule is CCC(CC)(Cc1c[nH]c2ccccc12)NCCC#N. The van der Waals surface area contributed by atoms with Crippen molar-refractivity contribution < 1.29 is 0 Å². The van der Waals surface area contributed by atoms with Gasteiger partial charge in [0.05, 0.1) is 6.07 Å². The van der Waals surface area contributed by atoms with Crippen LogP contribution in [0.1, 0.15) is 38.7 Å². The number of nitrogens with one attached hydrogen (secondary N) is 2. The summed E-state index contributed by atoms with van der Waals surface area (Å²) in [6.07, 6.45) is 5.81. The predicted molar refractivity (Wildman–Crippen MR) is 83.5 cm³/mol. The van der Waals surface area contributed by atoms with Gasteiger partial charge in [0, 0.05) is 35.6 Å². The summed E-state index contributed by atoms with van der Waals surface area (Å²) < 4.78 is 0. The molecule has 0 spiro atoms. The van der Waals surface area contributed by atoms with Crippen molar-refractivity contribution in [3.63, 3.8) is 0 Å². The van der Waals surface area contributed by atoms with Gasteiger partial charge in [0.25, 0.3) is 0 Å². The fraction of sp³-hybridized carbons (Fsp3) is 0.471. The molecule has 20 heavy (non-hydrogen) atoms. The van der Waals surface area contributed by atoms with E-state index >= 15 is 0 Å². The lowest BCUT2D eigenvalue weighted by atomic mass is 9.85. The molecular formula is C17H23N3. The standard InChI is InChI=1S/C17H23N3/c1-3-17(4-2,20-11-7-10-18)12-14-13-19-16-9-6-5-8-15(14)16/h5-6,8-9,13,19-20H,3-4,7,11-12H2,1-2H3. The van der Waals surface area contributed by atoms with Crippen LogP contribution in [0.3, 0.4) is 0 Å². The van der Waals surface area contributed by atoms with Crippen molar-refractivity contribution in [1.82, 2.24) is 10.3 Å². The van der Waals surface area contributed by atoms with Gasteiger partial charge in [-0.15, -0.1) is 0 Å². The second-order valence-electron chi connectivity index (χ2n) is 5.36. The van der Waals surface area contributed by atoms with Gasteiger partial charge in [-0.3, -0.25) is 0 Å². The molecule has 0 aliphatic heterocycles. The molecule has 0 radical (unpaired) electrons. The van der Waals surface area contributed by atoms with Crippen LogP contribution < -0.4 is 5.32 Å². The Labute approximate surface area is 121 Å². The van der Waals surface area contributed by atoms with Crippen molar-refractivity contribution >= 4 is 10.9 Å². The molecule has 3 nitrogen and oxygen atoms in total. The van der Waals surface area contributed by atoms with E-state index in [4.69, 9.17) is 5.26 Å². The molecule has 3 heteroatoms. The Morgan fingerprint density at radius 3 is 2.70 bits per heavy atom. The Morgan fingerprint density at radius 2 is 2.00 bits per heavy atom. The van der Waals surface area contributed by atoms with Gasteiger partial charge in [0.15, 0.2) is 0 Å². The van der Waals surface area contributed by atoms with Crippen LogP contribution in [0.5, 0.6) is 0 Å². The van der Waals surface area contributed by atoms with Gasteiger partial charge in [0.1, 0.15) is 0 Å². The summed E-state index contributed by atoms with van der Waals surface area (Å²) >= 11 is 0. The number of aromatic nitrogens is 1. The van der Waals surface area contributed by atoms with Gasteiger partial charge in [-0.1, -0.05) is 32.0 Å². The second-order valence-corrected chi connectivity index (χ2v) is 5.36. The largest absolute Gasteiger partial charge is 0.361 e. The number of hydrogen-bond acceptors (Lipinski definition) is 2. The number of nitrogens with zero attached hydrogens (tertiary/aromatic N) is 1. The zero-order valence-corrected chi connectivity index (χ0v) is 12.4. The molecule has 0 saturated carbocycles. The Morgan fingerprint density at radius 1 is 1.25 bits per heavy atom. The van der Waals surface area contributed by atoms with E-state index in [1.807, 2.05) is 0 Å². The maximum absolute atomic E-state index is 8.71. The molecule has 1 heterocycles. The van der Waals surface area contributed by atoms with E-state index in [9.17, 15) is 0 Å². The van der Waals surface area contributed by atoms with Gasteiger partial charge in [0.2, 0.25) is 0 Å². The van der Waals surface area contributed by atoms with Gasteiger partial charge in [-0.05, 0) is 30.9 Å². The third kappa shape index (κ3) is 3.02. The minimum atomic E-state index is 0.0851. The van der Waals surface area contributed by atoms with Crippen LogP contribution in [0.4, 0.5) is 0 Å². The average Bonchev–Trinajstić information content (AvgIpc) is 2.89. The maximum Gasteiger partial charge on any atom is 0.0635 e. The van der Waals surface area contributed by atoms with Crippen LogP contribution in [-0.2, 0) is 6.42 Å². The molecule has 0 aliphatic carbocycles. The summed E-state index contributed by atoms with van der Waals surface area (Å²) in [5, 5.41) is 13.6. The van der Waals surface area contributed by atoms with E-state index in [-0.39, 0.29) is 5.54 Å². The minimum Gasteiger partial charge on any atom is -0.361 e. The van der Waals surface area contributed by atoms with E-state index in [0.717, 1.165) is 25.8 Å². The fourth-order valence-electron chi connectivity index (χ4n) is 2.84. The molecule has 1 aromatic carbocycles. The number of H-pyrrole nitrogens is 1. The third-order valence-corrected chi connectivity index (χ3v) is 4.29. The maximum atomic E-state index is 8.71. The summed E-state index contributed by atoms with van der Waals surface area (Å²) in [7, 11) is 0. The molecule has 0 amide bonds. The van der Waals surface area contributed by atoms with Crippen molar-refractivity contribution in [2.75, 3.05) is 6.54 Å². The van der Waals surface area contributed by atoms with Gasteiger partial charge >= 0.3 is 0 Å². The molecule has 0 aliphatic rings. The first-order chi connectivity index (χ1) is 9.74. The molecule has 0 saturated heterocycles. The van der Waals surface area contributed by atoms with E-state index in [0.29, 0.717) is 6.42 Å². The number of fused-ring (bicyclic) bond motifs is 1. The summed E-state index contributed by atoms with van der Waals surface area (Å²) in [5.41, 5.74) is 2.64. The quantitative estimate of drug-likeness (QED) is 0.752. The molecule has 1 aromatic heterocycles. The van der Waals surface area contributed by atoms with Crippen molar-refractivity contribution in [1.29, 1.82) is 5.26 Å². The predicted octanol–water partition coefficient (Wildman–Crippen LogP) is 3.77. The lowest BCUT2D eigenvalue weighted by Gasteiger charge is -2.33. The van der Waals surface area contributed by atoms with Crippen molar-refractivity contribution in [3.05, 3.63) is 36.0 Å². The van der Waals surface area contributed by atoms with Crippen LogP contribution in [-0.4, -0.2) is 17.1 Å². The summed E-state index contributed by atoms with van der Waals surface area (Å²) in [4.78, 5) is 3.35. The Hall–Kier alpha value is -1.79. The van der Waals surface area contributed by atoms with Crippen LogP contribution in [0.2, 0.25) is 0 Å². The number of hydrogen-bond donors (Lipinski definition) is 2. The highest BCUT2D eigenvalue weighted by molar-refractivity contribution is 5.83. The van der Waals surface area contributed by atoms with E-state index in [1.54, 1.807) is 0 Å². The normalized spacial score (nSPS) is 11.7. The zero-order chi connectivity index (χ0) is 14.4. The zero-order valence-electron chi connectivity index (χ0n) is 12.4. The Bertz CT molecular complexity index is 588. The first-order valence-corrected chi connectivity index (χ1v) is 7.41. The first-order valence-electron chi connectivity index (χ1n) is 7.41. The van der Waals surface area contributed by atoms with Crippen molar-refractivity contribution in [2.45, 2.75) is 45.1 Å². The van der Waals surface area contributed by atoms with E-state index in [1.165, 1.54) is 16.5 Å². The smallest absolute Gasteiger partial charge is 0.0635 e. The highest BCUT2D eigenvalue weighted by Gasteiger charge is 2.26. The number of benzene rings is 1. The molecule has 0 bridgehead atoms.